The van der Waals surface area contributed by atoms with Gasteiger partial charge in [0.2, 0.25) is 0 Å². The van der Waals surface area contributed by atoms with Crippen molar-refractivity contribution in [2.75, 3.05) is 11.5 Å². The number of carbonyl (C=O) groups excluding carboxylic acids is 1. The zero-order valence-corrected chi connectivity index (χ0v) is 18.1. The average Bonchev–Trinajstić information content (AvgIpc) is 2.72. The molecule has 2 aromatic rings. The van der Waals surface area contributed by atoms with Gasteiger partial charge in [0.25, 0.3) is 0 Å². The second-order valence-electron chi connectivity index (χ2n) is 6.07. The number of hydrogen-bond acceptors (Lipinski definition) is 7. The number of carbonyl (C=O) groups is 1. The van der Waals surface area contributed by atoms with Crippen molar-refractivity contribution in [1.29, 1.82) is 0 Å². The maximum Gasteiger partial charge on any atom is 0.308 e. The van der Waals surface area contributed by atoms with Crippen molar-refractivity contribution < 1.29 is 30.0 Å². The van der Waals surface area contributed by atoms with Gasteiger partial charge in [-0.05, 0) is 61.4 Å². The van der Waals surface area contributed by atoms with Gasteiger partial charge in [-0.15, -0.1) is 0 Å². The fourth-order valence-electron chi connectivity index (χ4n) is 2.09. The molecule has 0 N–H and O–H groups in total. The Morgan fingerprint density at radius 1 is 0.700 bits per heavy atom. The van der Waals surface area contributed by atoms with E-state index in [0.717, 1.165) is 0 Å². The highest BCUT2D eigenvalue weighted by Crippen LogP contribution is 2.17. The number of benzene rings is 2. The quantitative estimate of drug-likeness (QED) is 0.403. The highest BCUT2D eigenvalue weighted by molar-refractivity contribution is 7.87. The van der Waals surface area contributed by atoms with E-state index in [9.17, 15) is 21.6 Å². The van der Waals surface area contributed by atoms with E-state index in [0.29, 0.717) is 11.1 Å². The summed E-state index contributed by atoms with van der Waals surface area (Å²) < 4.78 is 55.5. The van der Waals surface area contributed by atoms with Gasteiger partial charge in [-0.3, -0.25) is 4.79 Å². The maximum atomic E-state index is 12.0. The van der Waals surface area contributed by atoms with Gasteiger partial charge >= 0.3 is 20.2 Å². The van der Waals surface area contributed by atoms with Crippen LogP contribution in [0.15, 0.2) is 60.7 Å². The third-order valence-corrected chi connectivity index (χ3v) is 6.10. The maximum absolute atomic E-state index is 12.0. The van der Waals surface area contributed by atoms with Crippen LogP contribution in [0.5, 0.6) is 11.5 Å². The van der Waals surface area contributed by atoms with Gasteiger partial charge in [-0.25, -0.2) is 0 Å². The molecule has 0 aliphatic carbocycles. The molecule has 0 amide bonds. The van der Waals surface area contributed by atoms with Crippen molar-refractivity contribution in [2.45, 2.75) is 13.8 Å². The first kappa shape index (κ1) is 23.4. The van der Waals surface area contributed by atoms with Gasteiger partial charge in [-0.2, -0.15) is 16.8 Å². The van der Waals surface area contributed by atoms with Crippen LogP contribution < -0.4 is 8.37 Å². The van der Waals surface area contributed by atoms with Crippen molar-refractivity contribution in [3.8, 4) is 11.5 Å². The van der Waals surface area contributed by atoms with Gasteiger partial charge < -0.3 is 8.37 Å². The Hall–Kier alpha value is -2.91. The summed E-state index contributed by atoms with van der Waals surface area (Å²) in [6, 6.07) is 12.6. The first-order chi connectivity index (χ1) is 14.1. The van der Waals surface area contributed by atoms with Crippen LogP contribution in [-0.4, -0.2) is 34.1 Å². The van der Waals surface area contributed by atoms with Crippen LogP contribution in [-0.2, 0) is 25.0 Å². The molecule has 30 heavy (non-hydrogen) atoms. The fraction of sp³-hybridized carbons (Fsp3) is 0.190. The predicted molar refractivity (Wildman–Crippen MR) is 116 cm³/mol. The topological polar surface area (TPSA) is 104 Å². The minimum atomic E-state index is -3.58. The van der Waals surface area contributed by atoms with Crippen molar-refractivity contribution in [2.24, 2.45) is 0 Å². The van der Waals surface area contributed by atoms with E-state index in [1.807, 2.05) is 0 Å². The molecule has 0 heterocycles. The van der Waals surface area contributed by atoms with E-state index in [1.54, 1.807) is 36.4 Å². The van der Waals surface area contributed by atoms with Crippen molar-refractivity contribution in [3.63, 3.8) is 0 Å². The summed E-state index contributed by atoms with van der Waals surface area (Å²) in [4.78, 5) is 12.0. The summed E-state index contributed by atoms with van der Waals surface area (Å²) in [5, 5.41) is 0. The first-order valence-electron chi connectivity index (χ1n) is 9.07. The number of ketones is 1. The lowest BCUT2D eigenvalue weighted by Gasteiger charge is -2.04. The van der Waals surface area contributed by atoms with Crippen molar-refractivity contribution in [3.05, 3.63) is 71.8 Å². The molecule has 0 aliphatic heterocycles. The smallest absolute Gasteiger partial charge is 0.308 e. The minimum Gasteiger partial charge on any atom is -0.382 e. The molecule has 0 saturated carbocycles. The van der Waals surface area contributed by atoms with Crippen LogP contribution in [0, 0.1) is 0 Å². The Morgan fingerprint density at radius 3 is 1.33 bits per heavy atom. The van der Waals surface area contributed by atoms with Crippen molar-refractivity contribution >= 4 is 38.2 Å². The summed E-state index contributed by atoms with van der Waals surface area (Å²) in [6.07, 6.45) is 5.94. The molecular weight excluding hydrogens is 428 g/mol. The molecule has 2 aromatic carbocycles. The molecule has 0 atom stereocenters. The van der Waals surface area contributed by atoms with Gasteiger partial charge in [0, 0.05) is 0 Å². The lowest BCUT2D eigenvalue weighted by Crippen LogP contribution is -2.11. The van der Waals surface area contributed by atoms with Gasteiger partial charge in [0.1, 0.15) is 11.5 Å². The largest absolute Gasteiger partial charge is 0.382 e. The normalized spacial score (nSPS) is 12.3. The standard InChI is InChI=1S/C21H22O7S2/c1-3-29(23,24)27-20-13-7-17(8-14-20)5-11-19(22)12-6-18-9-15-21(16-10-18)28-30(25,26)4-2/h5-16H,3-4H2,1-2H3/b11-5+,12-6+. The molecular formula is C21H22O7S2. The predicted octanol–water partition coefficient (Wildman–Crippen LogP) is 3.44. The first-order valence-corrected chi connectivity index (χ1v) is 12.2. The summed E-state index contributed by atoms with van der Waals surface area (Å²) in [6.45, 7) is 2.98. The molecule has 0 radical (unpaired) electrons. The SMILES string of the molecule is CCS(=O)(=O)Oc1ccc(/C=C/C(=O)/C=C/c2ccc(OS(=O)(=O)CC)cc2)cc1. The highest BCUT2D eigenvalue weighted by Gasteiger charge is 2.09. The molecule has 2 rings (SSSR count). The van der Waals surface area contributed by atoms with Crippen LogP contribution in [0.1, 0.15) is 25.0 Å². The lowest BCUT2D eigenvalue weighted by atomic mass is 10.1. The monoisotopic (exact) mass is 450 g/mol. The molecule has 0 unspecified atom stereocenters. The third kappa shape index (κ3) is 7.84. The van der Waals surface area contributed by atoms with Gasteiger partial charge in [0.15, 0.2) is 5.78 Å². The second-order valence-corrected chi connectivity index (χ2v) is 9.79. The summed E-state index contributed by atoms with van der Waals surface area (Å²) in [5.41, 5.74) is 1.41. The Bertz CT molecular complexity index is 1040. The van der Waals surface area contributed by atoms with E-state index >= 15 is 0 Å². The number of rotatable bonds is 10. The van der Waals surface area contributed by atoms with Crippen LogP contribution >= 0.6 is 0 Å². The molecule has 0 spiro atoms. The van der Waals surface area contributed by atoms with Crippen LogP contribution in [0.2, 0.25) is 0 Å². The second kappa shape index (κ2) is 10.2. The van der Waals surface area contributed by atoms with E-state index in [4.69, 9.17) is 8.37 Å². The van der Waals surface area contributed by atoms with Crippen LogP contribution in [0.25, 0.3) is 12.2 Å². The molecule has 0 bridgehead atoms. The third-order valence-electron chi connectivity index (χ3n) is 3.79. The van der Waals surface area contributed by atoms with Crippen LogP contribution in [0.4, 0.5) is 0 Å². The lowest BCUT2D eigenvalue weighted by molar-refractivity contribution is -0.110. The van der Waals surface area contributed by atoms with E-state index in [2.05, 4.69) is 0 Å². The molecule has 0 aliphatic rings. The van der Waals surface area contributed by atoms with E-state index in [-0.39, 0.29) is 28.8 Å². The molecule has 160 valence electrons. The zero-order chi connectivity index (χ0) is 22.2. The zero-order valence-electron chi connectivity index (χ0n) is 16.5. The molecule has 0 saturated heterocycles. The Balaban J connectivity index is 1.95. The van der Waals surface area contributed by atoms with Crippen molar-refractivity contribution in [1.82, 2.24) is 0 Å². The number of allylic oxidation sites excluding steroid dienone is 2. The molecule has 0 fully saturated rings. The van der Waals surface area contributed by atoms with Crippen LogP contribution in [0.3, 0.4) is 0 Å². The summed E-state index contributed by atoms with van der Waals surface area (Å²) >= 11 is 0. The molecule has 0 aromatic heterocycles. The van der Waals surface area contributed by atoms with E-state index in [1.165, 1.54) is 50.3 Å². The Kier molecular flexibility index (Phi) is 7.96. The fourth-order valence-corrected chi connectivity index (χ4v) is 3.14. The Labute approximate surface area is 176 Å². The number of hydrogen-bond donors (Lipinski definition) is 0. The summed E-state index contributed by atoms with van der Waals surface area (Å²) in [5.74, 6) is -0.0804. The van der Waals surface area contributed by atoms with Gasteiger partial charge in [0.05, 0.1) is 11.5 Å². The summed E-state index contributed by atoms with van der Waals surface area (Å²) in [7, 11) is -7.15. The molecule has 9 heteroatoms. The average molecular weight is 451 g/mol. The highest BCUT2D eigenvalue weighted by atomic mass is 32.2. The molecule has 7 nitrogen and oxygen atoms in total. The minimum absolute atomic E-state index is 0.122. The van der Waals surface area contributed by atoms with Gasteiger partial charge in [-0.1, -0.05) is 36.4 Å². The van der Waals surface area contributed by atoms with E-state index < -0.39 is 20.2 Å². The Morgan fingerprint density at radius 2 is 1.03 bits per heavy atom.